The molecule has 2 N–H and O–H groups in total. The Kier molecular flexibility index (Phi) is 4.12. The van der Waals surface area contributed by atoms with Gasteiger partial charge >= 0.3 is 0 Å². The molecule has 116 valence electrons. The molecular weight excluding hydrogens is 284 g/mol. The molecule has 8 heteroatoms. The number of nitrogens with two attached hydrogens (primary N) is 1. The lowest BCUT2D eigenvalue weighted by molar-refractivity contribution is -0.122. The summed E-state index contributed by atoms with van der Waals surface area (Å²) in [5.41, 5.74) is 6.36. The lowest BCUT2D eigenvalue weighted by Gasteiger charge is -2.20. The summed E-state index contributed by atoms with van der Waals surface area (Å²) in [5.74, 6) is 0.312. The predicted octanol–water partition coefficient (Wildman–Crippen LogP) is -0.263. The van der Waals surface area contributed by atoms with Crippen molar-refractivity contribution in [3.05, 3.63) is 36.2 Å². The maximum Gasteiger partial charge on any atom is 0.234 e. The van der Waals surface area contributed by atoms with Gasteiger partial charge in [0.25, 0.3) is 0 Å². The Morgan fingerprint density at radius 3 is 2.86 bits per heavy atom. The third-order valence-corrected chi connectivity index (χ3v) is 3.91. The number of methoxy groups -OCH3 is 1. The number of hydrogen-bond donors (Lipinski definition) is 1. The molecule has 1 aliphatic rings. The lowest BCUT2D eigenvalue weighted by Crippen LogP contribution is -2.40. The maximum atomic E-state index is 11.6. The number of nitrogens with zero attached hydrogens (tertiary/aromatic N) is 5. The normalized spacial score (nSPS) is 22.0. The summed E-state index contributed by atoms with van der Waals surface area (Å²) in [7, 11) is 1.64. The van der Waals surface area contributed by atoms with E-state index in [2.05, 4.69) is 15.5 Å². The molecule has 1 fully saturated rings. The van der Waals surface area contributed by atoms with Crippen molar-refractivity contribution in [3.63, 3.8) is 0 Å². The number of ether oxygens (including phenoxy) is 1. The monoisotopic (exact) mass is 302 g/mol. The number of aromatic nitrogens is 4. The number of hydrogen-bond acceptors (Lipinski definition) is 6. The summed E-state index contributed by atoms with van der Waals surface area (Å²) in [6.07, 6.45) is 0.595. The Balaban J connectivity index is 1.82. The lowest BCUT2D eigenvalue weighted by atomic mass is 10.2. The highest BCUT2D eigenvalue weighted by molar-refractivity contribution is 5.80. The number of para-hydroxylation sites is 1. The number of rotatable bonds is 5. The molecule has 1 aromatic heterocycles. The summed E-state index contributed by atoms with van der Waals surface area (Å²) in [6.45, 7) is 1.07. The van der Waals surface area contributed by atoms with Crippen molar-refractivity contribution in [3.8, 4) is 5.69 Å². The van der Waals surface area contributed by atoms with E-state index >= 15 is 0 Å². The minimum absolute atomic E-state index is 0.00134. The van der Waals surface area contributed by atoms with Crippen molar-refractivity contribution in [2.75, 3.05) is 13.7 Å². The van der Waals surface area contributed by atoms with Gasteiger partial charge in [-0.1, -0.05) is 18.2 Å². The molecule has 8 nitrogen and oxygen atoms in total. The molecule has 1 saturated heterocycles. The van der Waals surface area contributed by atoms with Crippen LogP contribution in [-0.4, -0.2) is 56.8 Å². The summed E-state index contributed by atoms with van der Waals surface area (Å²) >= 11 is 0. The molecule has 0 aliphatic carbocycles. The molecule has 3 rings (SSSR count). The molecule has 0 radical (unpaired) electrons. The van der Waals surface area contributed by atoms with Gasteiger partial charge in [0.05, 0.1) is 24.4 Å². The van der Waals surface area contributed by atoms with Crippen molar-refractivity contribution < 1.29 is 9.53 Å². The van der Waals surface area contributed by atoms with E-state index in [1.54, 1.807) is 11.8 Å². The van der Waals surface area contributed by atoms with Crippen molar-refractivity contribution in [2.24, 2.45) is 5.73 Å². The van der Waals surface area contributed by atoms with E-state index < -0.39 is 0 Å². The average molecular weight is 302 g/mol. The van der Waals surface area contributed by atoms with Crippen molar-refractivity contribution in [1.29, 1.82) is 0 Å². The second-order valence-corrected chi connectivity index (χ2v) is 5.28. The Morgan fingerprint density at radius 2 is 2.18 bits per heavy atom. The fourth-order valence-corrected chi connectivity index (χ4v) is 2.76. The molecule has 1 aliphatic heterocycles. The third-order valence-electron chi connectivity index (χ3n) is 3.91. The number of carbonyl (C=O) groups is 1. The van der Waals surface area contributed by atoms with Crippen LogP contribution < -0.4 is 5.73 Å². The van der Waals surface area contributed by atoms with Crippen LogP contribution >= 0.6 is 0 Å². The van der Waals surface area contributed by atoms with Crippen molar-refractivity contribution in [2.45, 2.75) is 25.1 Å². The molecule has 0 unspecified atom stereocenters. The Labute approximate surface area is 127 Å². The van der Waals surface area contributed by atoms with E-state index in [1.807, 2.05) is 35.2 Å². The van der Waals surface area contributed by atoms with Crippen molar-refractivity contribution >= 4 is 5.91 Å². The summed E-state index contributed by atoms with van der Waals surface area (Å²) in [6, 6.07) is 9.26. The van der Waals surface area contributed by atoms with Crippen LogP contribution in [-0.2, 0) is 16.1 Å². The topological polar surface area (TPSA) is 99.2 Å². The Hall–Kier alpha value is -2.32. The number of likely N-dealkylation sites (tertiary alicyclic amines) is 1. The van der Waals surface area contributed by atoms with Gasteiger partial charge in [-0.3, -0.25) is 9.69 Å². The number of amides is 1. The summed E-state index contributed by atoms with van der Waals surface area (Å²) in [5, 5.41) is 11.8. The highest BCUT2D eigenvalue weighted by atomic mass is 16.5. The van der Waals surface area contributed by atoms with Crippen LogP contribution in [0.25, 0.3) is 5.69 Å². The zero-order chi connectivity index (χ0) is 15.5. The van der Waals surface area contributed by atoms with Gasteiger partial charge in [-0.05, 0) is 29.0 Å². The highest BCUT2D eigenvalue weighted by Crippen LogP contribution is 2.22. The number of benzene rings is 1. The fraction of sp³-hybridized carbons (Fsp3) is 0.429. The quantitative estimate of drug-likeness (QED) is 0.816. The van der Waals surface area contributed by atoms with Gasteiger partial charge in [-0.25, -0.2) is 0 Å². The maximum absolute atomic E-state index is 11.6. The van der Waals surface area contributed by atoms with Gasteiger partial charge in [-0.2, -0.15) is 4.68 Å². The van der Waals surface area contributed by atoms with E-state index in [1.165, 1.54) is 0 Å². The molecule has 1 aromatic carbocycles. The smallest absolute Gasteiger partial charge is 0.234 e. The molecule has 2 atom stereocenters. The fourth-order valence-electron chi connectivity index (χ4n) is 2.76. The Bertz CT molecular complexity index is 644. The van der Waals surface area contributed by atoms with E-state index in [0.29, 0.717) is 25.3 Å². The number of tetrazole rings is 1. The molecule has 0 bridgehead atoms. The van der Waals surface area contributed by atoms with Crippen LogP contribution in [0.15, 0.2) is 30.3 Å². The van der Waals surface area contributed by atoms with Crippen LogP contribution in [0.5, 0.6) is 0 Å². The third kappa shape index (κ3) is 2.83. The van der Waals surface area contributed by atoms with E-state index in [4.69, 9.17) is 10.5 Å². The minimum atomic E-state index is -0.356. The Morgan fingerprint density at radius 1 is 1.41 bits per heavy atom. The zero-order valence-electron chi connectivity index (χ0n) is 12.3. The van der Waals surface area contributed by atoms with E-state index in [9.17, 15) is 4.79 Å². The van der Waals surface area contributed by atoms with Gasteiger partial charge in [0.15, 0.2) is 5.82 Å². The van der Waals surface area contributed by atoms with Gasteiger partial charge < -0.3 is 10.5 Å². The van der Waals surface area contributed by atoms with Crippen LogP contribution in [0.2, 0.25) is 0 Å². The average Bonchev–Trinajstić information content (AvgIpc) is 3.15. The molecular formula is C14H18N6O2. The second-order valence-electron chi connectivity index (χ2n) is 5.28. The van der Waals surface area contributed by atoms with Gasteiger partial charge in [0, 0.05) is 13.7 Å². The first-order valence-corrected chi connectivity index (χ1v) is 7.08. The minimum Gasteiger partial charge on any atom is -0.380 e. The molecule has 0 saturated carbocycles. The second kappa shape index (κ2) is 6.20. The first-order chi connectivity index (χ1) is 10.7. The van der Waals surface area contributed by atoms with E-state index in [-0.39, 0.29) is 18.1 Å². The molecule has 1 amide bonds. The van der Waals surface area contributed by atoms with Crippen LogP contribution in [0, 0.1) is 0 Å². The molecule has 0 spiro atoms. The summed E-state index contributed by atoms with van der Waals surface area (Å²) in [4.78, 5) is 13.6. The summed E-state index contributed by atoms with van der Waals surface area (Å²) < 4.78 is 7.01. The standard InChI is InChI=1S/C14H18N6O2/c1-22-11-7-12(14(15)21)19(8-11)9-13-16-17-18-20(13)10-5-3-2-4-6-10/h2-6,11-12H,7-9H2,1H3,(H2,15,21)/t11-,12-/m0/s1. The van der Waals surface area contributed by atoms with Crippen LogP contribution in [0.4, 0.5) is 0 Å². The first kappa shape index (κ1) is 14.6. The SMILES string of the molecule is CO[C@H]1C[C@@H](C(N)=O)N(Cc2nnnn2-c2ccccc2)C1. The largest absolute Gasteiger partial charge is 0.380 e. The highest BCUT2D eigenvalue weighted by Gasteiger charge is 2.36. The number of primary amides is 1. The zero-order valence-corrected chi connectivity index (χ0v) is 12.3. The molecule has 2 heterocycles. The van der Waals surface area contributed by atoms with Gasteiger partial charge in [-0.15, -0.1) is 5.10 Å². The predicted molar refractivity (Wildman–Crippen MR) is 78.0 cm³/mol. The van der Waals surface area contributed by atoms with E-state index in [0.717, 1.165) is 5.69 Å². The molecule has 22 heavy (non-hydrogen) atoms. The van der Waals surface area contributed by atoms with Crippen LogP contribution in [0.1, 0.15) is 12.2 Å². The van der Waals surface area contributed by atoms with Gasteiger partial charge in [0.1, 0.15) is 0 Å². The first-order valence-electron chi connectivity index (χ1n) is 7.08. The number of carbonyl (C=O) groups excluding carboxylic acids is 1. The van der Waals surface area contributed by atoms with Gasteiger partial charge in [0.2, 0.25) is 5.91 Å². The molecule has 2 aromatic rings. The van der Waals surface area contributed by atoms with Crippen LogP contribution in [0.3, 0.4) is 0 Å². The van der Waals surface area contributed by atoms with Crippen molar-refractivity contribution in [1.82, 2.24) is 25.1 Å².